The molecule has 1 saturated heterocycles. The summed E-state index contributed by atoms with van der Waals surface area (Å²) in [7, 11) is 3.46. The highest BCUT2D eigenvalue weighted by Gasteiger charge is 2.34. The number of benzene rings is 2. The molecule has 7 heteroatoms. The molecule has 3 aromatic rings. The minimum absolute atomic E-state index is 0.112. The summed E-state index contributed by atoms with van der Waals surface area (Å²) < 4.78 is 17.5. The molecular formula is C31H39N3O4. The number of hydrogen-bond acceptors (Lipinski definition) is 7. The molecule has 0 unspecified atom stereocenters. The van der Waals surface area contributed by atoms with Crippen LogP contribution in [0.5, 0.6) is 5.75 Å². The number of aliphatic hydroxyl groups is 1. The van der Waals surface area contributed by atoms with Crippen LogP contribution >= 0.6 is 0 Å². The molecule has 1 aromatic heterocycles. The summed E-state index contributed by atoms with van der Waals surface area (Å²) >= 11 is 0. The standard InChI is InChI=1S/C31H39N3O4/c1-21-6-4-7-26(28-8-5-9-30(33-28)34-13-11-24(17-35)29(34)20-37-3)31(21)38-18-22-14-23-10-12-32-16-27(23)25(15-22)19-36-2/h4-9,14-15,24,29,32,35H,10-13,16-20H2,1-3H3/t24-,29+/m0/s1. The highest BCUT2D eigenvalue weighted by molar-refractivity contribution is 5.70. The van der Waals surface area contributed by atoms with E-state index in [9.17, 15) is 5.11 Å². The van der Waals surface area contributed by atoms with Gasteiger partial charge in [-0.25, -0.2) is 4.98 Å². The van der Waals surface area contributed by atoms with Crippen molar-refractivity contribution in [1.82, 2.24) is 10.3 Å². The summed E-state index contributed by atoms with van der Waals surface area (Å²) in [6.45, 7) is 6.62. The normalized spacial score (nSPS) is 19.0. The van der Waals surface area contributed by atoms with Crippen LogP contribution in [-0.2, 0) is 35.7 Å². The summed E-state index contributed by atoms with van der Waals surface area (Å²) in [6, 6.07) is 17.0. The molecule has 202 valence electrons. The van der Waals surface area contributed by atoms with Crippen molar-refractivity contribution in [3.8, 4) is 17.0 Å². The van der Waals surface area contributed by atoms with E-state index in [1.165, 1.54) is 16.7 Å². The van der Waals surface area contributed by atoms with E-state index in [-0.39, 0.29) is 18.6 Å². The quantitative estimate of drug-likeness (QED) is 0.416. The fourth-order valence-electron chi connectivity index (χ4n) is 5.87. The second kappa shape index (κ2) is 12.3. The van der Waals surface area contributed by atoms with Crippen molar-refractivity contribution in [3.63, 3.8) is 0 Å². The van der Waals surface area contributed by atoms with Crippen LogP contribution in [0.15, 0.2) is 48.5 Å². The number of aryl methyl sites for hydroxylation is 1. The summed E-state index contributed by atoms with van der Waals surface area (Å²) in [5.41, 5.74) is 8.06. The van der Waals surface area contributed by atoms with Crippen LogP contribution in [0, 0.1) is 12.8 Å². The van der Waals surface area contributed by atoms with Crippen molar-refractivity contribution in [2.45, 2.75) is 45.6 Å². The Balaban J connectivity index is 1.42. The molecule has 2 aliphatic rings. The molecule has 0 aliphatic carbocycles. The largest absolute Gasteiger partial charge is 0.488 e. The number of aliphatic hydroxyl groups excluding tert-OH is 1. The van der Waals surface area contributed by atoms with E-state index in [4.69, 9.17) is 19.2 Å². The van der Waals surface area contributed by atoms with E-state index in [1.54, 1.807) is 14.2 Å². The number of fused-ring (bicyclic) bond motifs is 1. The number of rotatable bonds is 10. The molecule has 0 amide bonds. The monoisotopic (exact) mass is 517 g/mol. The van der Waals surface area contributed by atoms with Crippen molar-refractivity contribution < 1.29 is 19.3 Å². The second-order valence-electron chi connectivity index (χ2n) is 10.3. The molecule has 2 atom stereocenters. The van der Waals surface area contributed by atoms with Gasteiger partial charge < -0.3 is 29.5 Å². The van der Waals surface area contributed by atoms with E-state index in [2.05, 4.69) is 53.5 Å². The third-order valence-corrected chi connectivity index (χ3v) is 7.82. The summed E-state index contributed by atoms with van der Waals surface area (Å²) in [4.78, 5) is 7.33. The number of nitrogens with zero attached hydrogens (tertiary/aromatic N) is 2. The Morgan fingerprint density at radius 1 is 1.08 bits per heavy atom. The topological polar surface area (TPSA) is 76.1 Å². The van der Waals surface area contributed by atoms with Crippen LogP contribution in [0.1, 0.15) is 34.2 Å². The molecule has 2 aliphatic heterocycles. The Morgan fingerprint density at radius 3 is 2.76 bits per heavy atom. The van der Waals surface area contributed by atoms with Gasteiger partial charge in [0.1, 0.15) is 18.2 Å². The molecule has 0 spiro atoms. The third-order valence-electron chi connectivity index (χ3n) is 7.82. The Morgan fingerprint density at radius 2 is 1.95 bits per heavy atom. The molecule has 7 nitrogen and oxygen atoms in total. The zero-order valence-electron chi connectivity index (χ0n) is 22.7. The number of anilines is 1. The lowest BCUT2D eigenvalue weighted by Crippen LogP contribution is -2.38. The maximum absolute atomic E-state index is 9.86. The molecule has 3 heterocycles. The molecular weight excluding hydrogens is 478 g/mol. The van der Waals surface area contributed by atoms with Crippen molar-refractivity contribution in [2.75, 3.05) is 45.4 Å². The predicted octanol–water partition coefficient (Wildman–Crippen LogP) is 4.26. The average Bonchev–Trinajstić information content (AvgIpc) is 3.35. The molecule has 38 heavy (non-hydrogen) atoms. The number of aromatic nitrogens is 1. The summed E-state index contributed by atoms with van der Waals surface area (Å²) in [5, 5.41) is 13.3. The van der Waals surface area contributed by atoms with Gasteiger partial charge in [0.15, 0.2) is 0 Å². The lowest BCUT2D eigenvalue weighted by molar-refractivity contribution is 0.138. The molecule has 2 N–H and O–H groups in total. The average molecular weight is 518 g/mol. The fourth-order valence-corrected chi connectivity index (χ4v) is 5.87. The highest BCUT2D eigenvalue weighted by atomic mass is 16.5. The third kappa shape index (κ3) is 5.57. The predicted molar refractivity (Wildman–Crippen MR) is 150 cm³/mol. The maximum atomic E-state index is 9.86. The SMILES string of the molecule is COCc1cc(COc2c(C)cccc2-c2cccc(N3CC[C@@H](CO)[C@H]3COC)n2)cc2c1CNCC2. The number of methoxy groups -OCH3 is 2. The van der Waals surface area contributed by atoms with E-state index >= 15 is 0 Å². The smallest absolute Gasteiger partial charge is 0.132 e. The van der Waals surface area contributed by atoms with E-state index in [0.717, 1.165) is 66.4 Å². The fraction of sp³-hybridized carbons (Fsp3) is 0.452. The van der Waals surface area contributed by atoms with Gasteiger partial charge in [-0.3, -0.25) is 0 Å². The number of hydrogen-bond donors (Lipinski definition) is 2. The van der Waals surface area contributed by atoms with Crippen LogP contribution in [-0.4, -0.2) is 56.7 Å². The molecule has 0 radical (unpaired) electrons. The van der Waals surface area contributed by atoms with Gasteiger partial charge in [-0.2, -0.15) is 0 Å². The minimum Gasteiger partial charge on any atom is -0.488 e. The van der Waals surface area contributed by atoms with Gasteiger partial charge in [-0.05, 0) is 78.4 Å². The van der Waals surface area contributed by atoms with Crippen LogP contribution in [0.2, 0.25) is 0 Å². The number of ether oxygens (including phenoxy) is 3. The summed E-state index contributed by atoms with van der Waals surface area (Å²) in [5.74, 6) is 1.95. The van der Waals surface area contributed by atoms with Crippen LogP contribution in [0.3, 0.4) is 0 Å². The highest BCUT2D eigenvalue weighted by Crippen LogP contribution is 2.35. The van der Waals surface area contributed by atoms with Crippen LogP contribution in [0.4, 0.5) is 5.82 Å². The lowest BCUT2D eigenvalue weighted by atomic mass is 9.93. The van der Waals surface area contributed by atoms with Crippen molar-refractivity contribution in [2.24, 2.45) is 5.92 Å². The Labute approximate surface area is 225 Å². The minimum atomic E-state index is 0.112. The molecule has 1 fully saturated rings. The summed E-state index contributed by atoms with van der Waals surface area (Å²) in [6.07, 6.45) is 1.95. The first-order valence-electron chi connectivity index (χ1n) is 13.5. The molecule has 2 aromatic carbocycles. The van der Waals surface area contributed by atoms with Crippen LogP contribution in [0.25, 0.3) is 11.3 Å². The van der Waals surface area contributed by atoms with Crippen molar-refractivity contribution >= 4 is 5.82 Å². The number of pyridine rings is 1. The second-order valence-corrected chi connectivity index (χ2v) is 10.3. The van der Waals surface area contributed by atoms with Gasteiger partial charge in [0.05, 0.1) is 24.9 Å². The first-order valence-corrected chi connectivity index (χ1v) is 13.5. The van der Waals surface area contributed by atoms with Gasteiger partial charge in [0, 0.05) is 45.4 Å². The van der Waals surface area contributed by atoms with Gasteiger partial charge >= 0.3 is 0 Å². The van der Waals surface area contributed by atoms with E-state index < -0.39 is 0 Å². The number of para-hydroxylation sites is 1. The Kier molecular flexibility index (Phi) is 8.59. The molecule has 0 bridgehead atoms. The Bertz CT molecular complexity index is 1250. The maximum Gasteiger partial charge on any atom is 0.132 e. The zero-order valence-corrected chi connectivity index (χ0v) is 22.7. The number of nitrogens with one attached hydrogen (secondary N) is 1. The lowest BCUT2D eigenvalue weighted by Gasteiger charge is -2.28. The molecule has 0 saturated carbocycles. The first kappa shape index (κ1) is 26.6. The van der Waals surface area contributed by atoms with Crippen molar-refractivity contribution in [1.29, 1.82) is 0 Å². The molecule has 5 rings (SSSR count). The van der Waals surface area contributed by atoms with Gasteiger partial charge in [-0.1, -0.05) is 24.3 Å². The van der Waals surface area contributed by atoms with Gasteiger partial charge in [-0.15, -0.1) is 0 Å². The van der Waals surface area contributed by atoms with Gasteiger partial charge in [0.25, 0.3) is 0 Å². The van der Waals surface area contributed by atoms with E-state index in [0.29, 0.717) is 19.8 Å². The zero-order chi connectivity index (χ0) is 26.5. The van der Waals surface area contributed by atoms with Crippen LogP contribution < -0.4 is 15.0 Å². The van der Waals surface area contributed by atoms with Gasteiger partial charge in [0.2, 0.25) is 0 Å². The van der Waals surface area contributed by atoms with Crippen molar-refractivity contribution in [3.05, 3.63) is 76.3 Å². The van der Waals surface area contributed by atoms with E-state index in [1.807, 2.05) is 12.1 Å². The first-order chi connectivity index (χ1) is 18.6. The Hall–Kier alpha value is -2.97.